The van der Waals surface area contributed by atoms with Crippen LogP contribution < -0.4 is 10.2 Å². The minimum atomic E-state index is -2.97. The molecule has 2 aromatic rings. The maximum atomic E-state index is 11.6. The Morgan fingerprint density at radius 2 is 2.00 bits per heavy atom. The van der Waals surface area contributed by atoms with Gasteiger partial charge >= 0.3 is 0 Å². The topological polar surface area (TPSA) is 88.1 Å². The average Bonchev–Trinajstić information content (AvgIpc) is 2.91. The predicted octanol–water partition coefficient (Wildman–Crippen LogP) is 2.55. The van der Waals surface area contributed by atoms with Gasteiger partial charge in [0, 0.05) is 13.1 Å². The molecule has 24 heavy (non-hydrogen) atoms. The van der Waals surface area contributed by atoms with Gasteiger partial charge in [0.2, 0.25) is 5.95 Å². The van der Waals surface area contributed by atoms with E-state index in [0.29, 0.717) is 28.0 Å². The Balaban J connectivity index is 1.82. The van der Waals surface area contributed by atoms with Crippen molar-refractivity contribution in [2.75, 3.05) is 28.8 Å². The fourth-order valence-electron chi connectivity index (χ4n) is 2.51. The summed E-state index contributed by atoms with van der Waals surface area (Å²) >= 11 is 12.2. The standard InChI is InChI=1S/C14H15Cl2N5O2S/c1-21(9-5-6-24(22,23)8-9)12-7-17-20-14(18-12)19-13-10(15)3-2-4-11(13)16/h2-4,7,9H,5-6,8H2,1H3,(H,18,19,20). The fraction of sp³-hybridized carbons (Fsp3) is 0.357. The quantitative estimate of drug-likeness (QED) is 0.861. The SMILES string of the molecule is CN(c1cnnc(Nc2c(Cl)cccc2Cl)n1)C1CCS(=O)(=O)C1. The van der Waals surface area contributed by atoms with Gasteiger partial charge in [-0.15, -0.1) is 5.10 Å². The lowest BCUT2D eigenvalue weighted by atomic mass is 10.2. The Bertz CT molecular complexity index is 842. The van der Waals surface area contributed by atoms with Crippen molar-refractivity contribution in [3.8, 4) is 0 Å². The summed E-state index contributed by atoms with van der Waals surface area (Å²) in [6.45, 7) is 0. The molecular formula is C14H15Cl2N5O2S. The number of halogens is 2. The second kappa shape index (κ2) is 6.70. The van der Waals surface area contributed by atoms with Crippen LogP contribution in [0.25, 0.3) is 0 Å². The Morgan fingerprint density at radius 1 is 1.29 bits per heavy atom. The molecule has 1 fully saturated rings. The minimum absolute atomic E-state index is 0.118. The number of hydrogen-bond donors (Lipinski definition) is 1. The number of nitrogens with one attached hydrogen (secondary N) is 1. The Kier molecular flexibility index (Phi) is 4.80. The summed E-state index contributed by atoms with van der Waals surface area (Å²) in [5, 5.41) is 11.7. The van der Waals surface area contributed by atoms with Crippen LogP contribution in [0.5, 0.6) is 0 Å². The third-order valence-electron chi connectivity index (χ3n) is 3.86. The molecule has 0 amide bonds. The number of sulfone groups is 1. The van der Waals surface area contributed by atoms with E-state index in [1.165, 1.54) is 6.20 Å². The third kappa shape index (κ3) is 3.71. The Morgan fingerprint density at radius 3 is 2.62 bits per heavy atom. The first-order valence-corrected chi connectivity index (χ1v) is 9.77. The van der Waals surface area contributed by atoms with Crippen LogP contribution in [0, 0.1) is 0 Å². The summed E-state index contributed by atoms with van der Waals surface area (Å²) < 4.78 is 23.3. The summed E-state index contributed by atoms with van der Waals surface area (Å²) in [5.74, 6) is 1.07. The zero-order chi connectivity index (χ0) is 17.3. The number of nitrogens with zero attached hydrogens (tertiary/aromatic N) is 4. The van der Waals surface area contributed by atoms with Gasteiger partial charge in [-0.1, -0.05) is 29.3 Å². The lowest BCUT2D eigenvalue weighted by Gasteiger charge is -2.24. The summed E-state index contributed by atoms with van der Waals surface area (Å²) in [6, 6.07) is 5.01. The molecule has 10 heteroatoms. The van der Waals surface area contributed by atoms with E-state index in [2.05, 4.69) is 20.5 Å². The number of rotatable bonds is 4. The van der Waals surface area contributed by atoms with E-state index < -0.39 is 9.84 Å². The Labute approximate surface area is 149 Å². The van der Waals surface area contributed by atoms with Crippen molar-refractivity contribution in [2.45, 2.75) is 12.5 Å². The largest absolute Gasteiger partial charge is 0.354 e. The minimum Gasteiger partial charge on any atom is -0.354 e. The monoisotopic (exact) mass is 387 g/mol. The van der Waals surface area contributed by atoms with Crippen molar-refractivity contribution >= 4 is 50.5 Å². The zero-order valence-corrected chi connectivity index (χ0v) is 15.1. The van der Waals surface area contributed by atoms with Gasteiger partial charge in [-0.3, -0.25) is 0 Å². The van der Waals surface area contributed by atoms with Gasteiger partial charge in [0.25, 0.3) is 0 Å². The molecule has 7 nitrogen and oxygen atoms in total. The van der Waals surface area contributed by atoms with Crippen LogP contribution in [-0.2, 0) is 9.84 Å². The normalized spacial score (nSPS) is 19.2. The number of benzene rings is 1. The van der Waals surface area contributed by atoms with Gasteiger partial charge in [-0.05, 0) is 18.6 Å². The van der Waals surface area contributed by atoms with Crippen molar-refractivity contribution in [1.29, 1.82) is 0 Å². The smallest absolute Gasteiger partial charge is 0.249 e. The molecule has 0 aliphatic carbocycles. The molecule has 0 bridgehead atoms. The second-order valence-electron chi connectivity index (χ2n) is 5.53. The molecule has 1 unspecified atom stereocenters. The van der Waals surface area contributed by atoms with Gasteiger partial charge in [0.05, 0.1) is 33.4 Å². The van der Waals surface area contributed by atoms with E-state index in [9.17, 15) is 8.42 Å². The van der Waals surface area contributed by atoms with Crippen LogP contribution >= 0.6 is 23.2 Å². The summed E-state index contributed by atoms with van der Waals surface area (Å²) in [7, 11) is -1.18. The van der Waals surface area contributed by atoms with Gasteiger partial charge in [-0.2, -0.15) is 10.1 Å². The number of aromatic nitrogens is 3. The van der Waals surface area contributed by atoms with Crippen LogP contribution in [0.2, 0.25) is 10.0 Å². The number of para-hydroxylation sites is 1. The lowest BCUT2D eigenvalue weighted by molar-refractivity contribution is 0.600. The Hall–Kier alpha value is -1.64. The van der Waals surface area contributed by atoms with Crippen molar-refractivity contribution in [1.82, 2.24) is 15.2 Å². The predicted molar refractivity (Wildman–Crippen MR) is 95.0 cm³/mol. The van der Waals surface area contributed by atoms with E-state index in [1.54, 1.807) is 30.1 Å². The first kappa shape index (κ1) is 17.2. The molecule has 3 rings (SSSR count). The average molecular weight is 388 g/mol. The first-order chi connectivity index (χ1) is 11.4. The fourth-order valence-corrected chi connectivity index (χ4v) is 4.78. The van der Waals surface area contributed by atoms with Crippen molar-refractivity contribution < 1.29 is 8.42 Å². The van der Waals surface area contributed by atoms with E-state index >= 15 is 0 Å². The highest BCUT2D eigenvalue weighted by Crippen LogP contribution is 2.31. The highest BCUT2D eigenvalue weighted by Gasteiger charge is 2.31. The molecule has 128 valence electrons. The van der Waals surface area contributed by atoms with E-state index in [-0.39, 0.29) is 23.5 Å². The summed E-state index contributed by atoms with van der Waals surface area (Å²) in [5.41, 5.74) is 0.492. The highest BCUT2D eigenvalue weighted by atomic mass is 35.5. The van der Waals surface area contributed by atoms with Crippen LogP contribution in [0.4, 0.5) is 17.5 Å². The van der Waals surface area contributed by atoms with Crippen molar-refractivity contribution in [3.05, 3.63) is 34.4 Å². The van der Waals surface area contributed by atoms with Gasteiger partial charge in [0.1, 0.15) is 0 Å². The van der Waals surface area contributed by atoms with E-state index in [4.69, 9.17) is 23.2 Å². The van der Waals surface area contributed by atoms with E-state index in [0.717, 1.165) is 0 Å². The number of anilines is 3. The van der Waals surface area contributed by atoms with Gasteiger partial charge < -0.3 is 10.2 Å². The molecular weight excluding hydrogens is 373 g/mol. The molecule has 1 aromatic carbocycles. The molecule has 1 aromatic heterocycles. The number of hydrogen-bond acceptors (Lipinski definition) is 7. The summed E-state index contributed by atoms with van der Waals surface area (Å²) in [6.07, 6.45) is 2.06. The lowest BCUT2D eigenvalue weighted by Crippen LogP contribution is -2.33. The van der Waals surface area contributed by atoms with Crippen LogP contribution in [0.15, 0.2) is 24.4 Å². The maximum absolute atomic E-state index is 11.6. The molecule has 0 saturated carbocycles. The van der Waals surface area contributed by atoms with Crippen molar-refractivity contribution in [3.63, 3.8) is 0 Å². The molecule has 0 spiro atoms. The first-order valence-electron chi connectivity index (χ1n) is 7.20. The zero-order valence-electron chi connectivity index (χ0n) is 12.8. The molecule has 1 aliphatic heterocycles. The molecule has 0 radical (unpaired) electrons. The van der Waals surface area contributed by atoms with Crippen molar-refractivity contribution in [2.24, 2.45) is 0 Å². The van der Waals surface area contributed by atoms with Gasteiger partial charge in [0.15, 0.2) is 15.7 Å². The second-order valence-corrected chi connectivity index (χ2v) is 8.57. The molecule has 1 atom stereocenters. The summed E-state index contributed by atoms with van der Waals surface area (Å²) in [4.78, 5) is 6.18. The molecule has 1 N–H and O–H groups in total. The maximum Gasteiger partial charge on any atom is 0.249 e. The van der Waals surface area contributed by atoms with Crippen LogP contribution in [0.3, 0.4) is 0 Å². The van der Waals surface area contributed by atoms with Crippen LogP contribution in [-0.4, -0.2) is 48.2 Å². The molecule has 2 heterocycles. The highest BCUT2D eigenvalue weighted by molar-refractivity contribution is 7.91. The van der Waals surface area contributed by atoms with Gasteiger partial charge in [-0.25, -0.2) is 8.42 Å². The molecule has 1 saturated heterocycles. The van der Waals surface area contributed by atoms with E-state index in [1.807, 2.05) is 0 Å². The third-order valence-corrected chi connectivity index (χ3v) is 6.24. The van der Waals surface area contributed by atoms with Crippen LogP contribution in [0.1, 0.15) is 6.42 Å². The molecule has 1 aliphatic rings.